The van der Waals surface area contributed by atoms with Crippen LogP contribution in [-0.2, 0) is 14.6 Å². The minimum absolute atomic E-state index is 0.0420. The molecule has 1 heterocycles. The summed E-state index contributed by atoms with van der Waals surface area (Å²) in [5, 5.41) is 0. The Morgan fingerprint density at radius 1 is 1.54 bits per heavy atom. The summed E-state index contributed by atoms with van der Waals surface area (Å²) in [4.78, 5) is 10.9. The van der Waals surface area contributed by atoms with E-state index in [1.807, 2.05) is 0 Å². The molecule has 5 heteroatoms. The molecule has 0 aromatic rings. The molecule has 0 spiro atoms. The number of Topliss-reactive ketones (excluding diaryl/α,β-unsaturated/α-hetero) is 1. The van der Waals surface area contributed by atoms with Crippen molar-refractivity contribution in [1.29, 1.82) is 0 Å². The summed E-state index contributed by atoms with van der Waals surface area (Å²) in [5.41, 5.74) is 5.03. The van der Waals surface area contributed by atoms with Gasteiger partial charge in [-0.15, -0.1) is 0 Å². The van der Waals surface area contributed by atoms with Crippen molar-refractivity contribution in [2.24, 2.45) is 5.73 Å². The van der Waals surface area contributed by atoms with Gasteiger partial charge in [0.05, 0.1) is 11.5 Å². The van der Waals surface area contributed by atoms with Gasteiger partial charge in [-0.3, -0.25) is 4.79 Å². The molecule has 76 valence electrons. The molecule has 1 rings (SSSR count). The van der Waals surface area contributed by atoms with Crippen LogP contribution in [0.25, 0.3) is 0 Å². The second-order valence-corrected chi connectivity index (χ2v) is 6.12. The first kappa shape index (κ1) is 10.7. The summed E-state index contributed by atoms with van der Waals surface area (Å²) in [7, 11) is -3.01. The molecule has 1 saturated heterocycles. The van der Waals surface area contributed by atoms with Crippen LogP contribution in [0.1, 0.15) is 26.2 Å². The molecule has 0 aromatic heterocycles. The third kappa shape index (κ3) is 3.08. The first-order chi connectivity index (χ1) is 5.83. The van der Waals surface area contributed by atoms with Crippen molar-refractivity contribution >= 4 is 15.6 Å². The van der Waals surface area contributed by atoms with Crippen LogP contribution in [0.3, 0.4) is 0 Å². The number of hydrogen-bond donors (Lipinski definition) is 1. The van der Waals surface area contributed by atoms with E-state index in [0.29, 0.717) is 12.8 Å². The van der Waals surface area contributed by atoms with Crippen molar-refractivity contribution in [2.75, 3.05) is 11.5 Å². The van der Waals surface area contributed by atoms with Crippen LogP contribution in [0.15, 0.2) is 0 Å². The Morgan fingerprint density at radius 2 is 2.15 bits per heavy atom. The van der Waals surface area contributed by atoms with Gasteiger partial charge in [0.15, 0.2) is 9.84 Å². The zero-order chi connectivity index (χ0) is 10.1. The maximum atomic E-state index is 11.3. The van der Waals surface area contributed by atoms with Crippen LogP contribution in [0.2, 0.25) is 0 Å². The van der Waals surface area contributed by atoms with Crippen LogP contribution >= 0.6 is 0 Å². The molecule has 2 N–H and O–H groups in total. The first-order valence-corrected chi connectivity index (χ1v) is 6.14. The van der Waals surface area contributed by atoms with Gasteiger partial charge in [-0.1, -0.05) is 0 Å². The largest absolute Gasteiger partial charge is 0.324 e. The summed E-state index contributed by atoms with van der Waals surface area (Å²) < 4.78 is 22.5. The number of nitrogens with two attached hydrogens (primary N) is 1. The van der Waals surface area contributed by atoms with E-state index >= 15 is 0 Å². The molecular formula is C8H15NO3S. The summed E-state index contributed by atoms with van der Waals surface area (Å²) >= 11 is 0. The topological polar surface area (TPSA) is 77.2 Å². The molecule has 1 unspecified atom stereocenters. The average Bonchev–Trinajstić information content (AvgIpc) is 1.79. The maximum absolute atomic E-state index is 11.3. The van der Waals surface area contributed by atoms with Crippen molar-refractivity contribution in [3.8, 4) is 0 Å². The lowest BCUT2D eigenvalue weighted by molar-refractivity contribution is -0.118. The summed E-state index contributed by atoms with van der Waals surface area (Å²) in [6.45, 7) is 1.44. The standard InChI is InChI=1S/C8H15NO3S/c1-7(10)5-8(9)3-2-4-13(11,12)6-8/h2-6,9H2,1H3. The summed E-state index contributed by atoms with van der Waals surface area (Å²) in [6.07, 6.45) is 1.38. The number of hydrogen-bond acceptors (Lipinski definition) is 4. The number of carbonyl (C=O) groups excluding carboxylic acids is 1. The molecule has 13 heavy (non-hydrogen) atoms. The molecular weight excluding hydrogens is 190 g/mol. The molecule has 0 aliphatic carbocycles. The van der Waals surface area contributed by atoms with E-state index in [9.17, 15) is 13.2 Å². The highest BCUT2D eigenvalue weighted by atomic mass is 32.2. The van der Waals surface area contributed by atoms with Gasteiger partial charge in [0.2, 0.25) is 0 Å². The first-order valence-electron chi connectivity index (χ1n) is 4.32. The number of carbonyl (C=O) groups is 1. The van der Waals surface area contributed by atoms with Gasteiger partial charge >= 0.3 is 0 Å². The van der Waals surface area contributed by atoms with Crippen molar-refractivity contribution in [3.63, 3.8) is 0 Å². The van der Waals surface area contributed by atoms with Gasteiger partial charge in [-0.2, -0.15) is 0 Å². The summed E-state index contributed by atoms with van der Waals surface area (Å²) in [6, 6.07) is 0. The lowest BCUT2D eigenvalue weighted by Crippen LogP contribution is -2.51. The molecule has 4 nitrogen and oxygen atoms in total. The van der Waals surface area contributed by atoms with Crippen molar-refractivity contribution in [1.82, 2.24) is 0 Å². The molecule has 1 aliphatic heterocycles. The van der Waals surface area contributed by atoms with E-state index in [-0.39, 0.29) is 23.7 Å². The lowest BCUT2D eigenvalue weighted by Gasteiger charge is -2.31. The number of ketones is 1. The van der Waals surface area contributed by atoms with E-state index in [4.69, 9.17) is 5.73 Å². The quantitative estimate of drug-likeness (QED) is 0.681. The van der Waals surface area contributed by atoms with E-state index in [1.165, 1.54) is 6.92 Å². The third-order valence-corrected chi connectivity index (χ3v) is 4.16. The molecule has 1 atom stereocenters. The highest BCUT2D eigenvalue weighted by Crippen LogP contribution is 2.23. The van der Waals surface area contributed by atoms with Gasteiger partial charge in [0.25, 0.3) is 0 Å². The lowest BCUT2D eigenvalue weighted by atomic mass is 9.91. The van der Waals surface area contributed by atoms with E-state index in [0.717, 1.165) is 0 Å². The van der Waals surface area contributed by atoms with Gasteiger partial charge in [-0.25, -0.2) is 8.42 Å². The van der Waals surface area contributed by atoms with Crippen LogP contribution in [-0.4, -0.2) is 31.2 Å². The molecule has 0 amide bonds. The van der Waals surface area contributed by atoms with Crippen molar-refractivity contribution in [3.05, 3.63) is 0 Å². The highest BCUT2D eigenvalue weighted by Gasteiger charge is 2.36. The fourth-order valence-corrected chi connectivity index (χ4v) is 3.71. The Labute approximate surface area is 78.4 Å². The van der Waals surface area contributed by atoms with Crippen LogP contribution in [0, 0.1) is 0 Å². The van der Waals surface area contributed by atoms with E-state index in [1.54, 1.807) is 0 Å². The van der Waals surface area contributed by atoms with E-state index < -0.39 is 15.4 Å². The van der Waals surface area contributed by atoms with Crippen LogP contribution in [0.5, 0.6) is 0 Å². The molecule has 0 aromatic carbocycles. The minimum Gasteiger partial charge on any atom is -0.324 e. The molecule has 1 fully saturated rings. The Kier molecular flexibility index (Phi) is 2.77. The smallest absolute Gasteiger partial charge is 0.152 e. The normalized spacial score (nSPS) is 32.8. The number of sulfone groups is 1. The second-order valence-electron chi connectivity index (χ2n) is 3.94. The fraction of sp³-hybridized carbons (Fsp3) is 0.875. The monoisotopic (exact) mass is 205 g/mol. The Morgan fingerprint density at radius 3 is 2.62 bits per heavy atom. The zero-order valence-electron chi connectivity index (χ0n) is 7.75. The second kappa shape index (κ2) is 3.38. The third-order valence-electron chi connectivity index (χ3n) is 2.24. The predicted molar refractivity (Wildman–Crippen MR) is 50.1 cm³/mol. The van der Waals surface area contributed by atoms with Crippen molar-refractivity contribution in [2.45, 2.75) is 31.7 Å². The Hall–Kier alpha value is -0.420. The summed E-state index contributed by atoms with van der Waals surface area (Å²) in [5.74, 6) is 0.128. The predicted octanol–water partition coefficient (Wildman–Crippen LogP) is -0.128. The van der Waals surface area contributed by atoms with Gasteiger partial charge < -0.3 is 5.73 Å². The Bertz CT molecular complexity index is 309. The molecule has 0 bridgehead atoms. The molecule has 0 saturated carbocycles. The molecule has 1 aliphatic rings. The van der Waals surface area contributed by atoms with Crippen LogP contribution in [0.4, 0.5) is 0 Å². The average molecular weight is 205 g/mol. The highest BCUT2D eigenvalue weighted by molar-refractivity contribution is 7.91. The Balaban J connectivity index is 2.74. The zero-order valence-corrected chi connectivity index (χ0v) is 8.56. The maximum Gasteiger partial charge on any atom is 0.152 e. The van der Waals surface area contributed by atoms with E-state index in [2.05, 4.69) is 0 Å². The van der Waals surface area contributed by atoms with Gasteiger partial charge in [0.1, 0.15) is 5.78 Å². The fourth-order valence-electron chi connectivity index (χ4n) is 1.86. The van der Waals surface area contributed by atoms with Gasteiger partial charge in [-0.05, 0) is 19.8 Å². The minimum atomic E-state index is -3.01. The molecule has 0 radical (unpaired) electrons. The SMILES string of the molecule is CC(=O)CC1(N)CCCS(=O)(=O)C1. The number of rotatable bonds is 2. The van der Waals surface area contributed by atoms with Crippen LogP contribution < -0.4 is 5.73 Å². The van der Waals surface area contributed by atoms with Gasteiger partial charge in [0, 0.05) is 12.0 Å². The van der Waals surface area contributed by atoms with Crippen molar-refractivity contribution < 1.29 is 13.2 Å².